The van der Waals surface area contributed by atoms with Crippen molar-refractivity contribution < 1.29 is 27.5 Å². The van der Waals surface area contributed by atoms with Crippen LogP contribution in [0.4, 0.5) is 18.9 Å². The molecule has 0 aliphatic rings. The summed E-state index contributed by atoms with van der Waals surface area (Å²) < 4.78 is 46.7. The summed E-state index contributed by atoms with van der Waals surface area (Å²) in [6, 6.07) is 8.84. The van der Waals surface area contributed by atoms with Gasteiger partial charge in [-0.2, -0.15) is 0 Å². The zero-order valence-electron chi connectivity index (χ0n) is 17.9. The first-order chi connectivity index (χ1) is 15.7. The number of ether oxygens (including phenoxy) is 1. The van der Waals surface area contributed by atoms with Crippen LogP contribution in [0.2, 0.25) is 0 Å². The van der Waals surface area contributed by atoms with E-state index in [9.17, 15) is 22.8 Å². The van der Waals surface area contributed by atoms with Crippen molar-refractivity contribution >= 4 is 29.3 Å². The van der Waals surface area contributed by atoms with Crippen molar-refractivity contribution in [3.63, 3.8) is 0 Å². The smallest absolute Gasteiger partial charge is 0.243 e. The number of aromatic nitrogens is 3. The van der Waals surface area contributed by atoms with Crippen molar-refractivity contribution in [2.24, 2.45) is 7.05 Å². The van der Waals surface area contributed by atoms with Gasteiger partial charge >= 0.3 is 0 Å². The van der Waals surface area contributed by atoms with Crippen molar-refractivity contribution in [2.45, 2.75) is 17.3 Å². The molecule has 0 unspecified atom stereocenters. The number of rotatable bonds is 8. The van der Waals surface area contributed by atoms with Crippen LogP contribution in [0.1, 0.15) is 6.92 Å². The van der Waals surface area contributed by atoms with E-state index in [1.165, 1.54) is 0 Å². The Bertz CT molecular complexity index is 1170. The summed E-state index contributed by atoms with van der Waals surface area (Å²) in [5.74, 6) is -4.56. The van der Waals surface area contributed by atoms with E-state index < -0.39 is 46.7 Å². The molecule has 0 aliphatic heterocycles. The number of hydrogen-bond acceptors (Lipinski definition) is 6. The van der Waals surface area contributed by atoms with Gasteiger partial charge in [-0.15, -0.1) is 10.2 Å². The maximum Gasteiger partial charge on any atom is 0.243 e. The predicted molar refractivity (Wildman–Crippen MR) is 116 cm³/mol. The van der Waals surface area contributed by atoms with Crippen LogP contribution in [0.5, 0.6) is 5.75 Å². The second-order valence-electron chi connectivity index (χ2n) is 6.84. The van der Waals surface area contributed by atoms with E-state index in [4.69, 9.17) is 4.74 Å². The molecule has 2 amide bonds. The second-order valence-corrected chi connectivity index (χ2v) is 8.15. The maximum atomic E-state index is 13.7. The highest BCUT2D eigenvalue weighted by atomic mass is 32.2. The molecular formula is C21H20F3N5O3S. The van der Waals surface area contributed by atoms with Gasteiger partial charge in [0.25, 0.3) is 0 Å². The van der Waals surface area contributed by atoms with Crippen molar-refractivity contribution in [1.29, 1.82) is 0 Å². The first-order valence-electron chi connectivity index (χ1n) is 9.62. The van der Waals surface area contributed by atoms with Crippen LogP contribution in [0.15, 0.2) is 41.6 Å². The number of halogens is 3. The highest BCUT2D eigenvalue weighted by Gasteiger charge is 2.21. The normalized spacial score (nSPS) is 11.7. The van der Waals surface area contributed by atoms with E-state index in [1.54, 1.807) is 37.8 Å². The number of methoxy groups -OCH3 is 1. The van der Waals surface area contributed by atoms with Crippen molar-refractivity contribution in [2.75, 3.05) is 19.0 Å². The minimum absolute atomic E-state index is 0.477. The molecule has 3 aromatic rings. The quantitative estimate of drug-likeness (QED) is 0.381. The molecule has 1 heterocycles. The summed E-state index contributed by atoms with van der Waals surface area (Å²) >= 11 is 1.13. The van der Waals surface area contributed by atoms with Gasteiger partial charge in [0.05, 0.1) is 24.6 Å². The van der Waals surface area contributed by atoms with E-state index in [1.807, 2.05) is 12.1 Å². The highest BCUT2D eigenvalue weighted by molar-refractivity contribution is 8.00. The van der Waals surface area contributed by atoms with Gasteiger partial charge in [0.2, 0.25) is 11.8 Å². The van der Waals surface area contributed by atoms with Crippen molar-refractivity contribution in [1.82, 2.24) is 20.1 Å². The lowest BCUT2D eigenvalue weighted by Crippen LogP contribution is -2.37. The van der Waals surface area contributed by atoms with E-state index >= 15 is 0 Å². The largest absolute Gasteiger partial charge is 0.497 e. The minimum Gasteiger partial charge on any atom is -0.497 e. The Morgan fingerprint density at radius 3 is 2.45 bits per heavy atom. The average molecular weight is 479 g/mol. The summed E-state index contributed by atoms with van der Waals surface area (Å²) in [7, 11) is 3.33. The standard InChI is InChI=1S/C21H20F3N5O3S/c1-11(20(31)25-10-16(30)26-15-9-8-14(22)17(23)18(15)24)33-21-28-27-19(29(21)2)12-4-6-13(32-3)7-5-12/h4-9,11H,10H2,1-3H3,(H,25,31)(H,26,30)/t11-/m1/s1. The molecule has 0 saturated heterocycles. The van der Waals surface area contributed by atoms with Crippen LogP contribution in [-0.2, 0) is 16.6 Å². The van der Waals surface area contributed by atoms with Crippen LogP contribution in [0, 0.1) is 17.5 Å². The molecule has 174 valence electrons. The number of carbonyl (C=O) groups is 2. The Hall–Kier alpha value is -3.54. The van der Waals surface area contributed by atoms with E-state index in [-0.39, 0.29) is 0 Å². The number of nitrogens with zero attached hydrogens (tertiary/aromatic N) is 3. The van der Waals surface area contributed by atoms with E-state index in [0.29, 0.717) is 22.8 Å². The topological polar surface area (TPSA) is 98.1 Å². The Morgan fingerprint density at radius 2 is 1.79 bits per heavy atom. The SMILES string of the molecule is COc1ccc(-c2nnc(S[C@H](C)C(=O)NCC(=O)Nc3ccc(F)c(F)c3F)n2C)cc1. The molecule has 0 bridgehead atoms. The average Bonchev–Trinajstić information content (AvgIpc) is 3.17. The van der Waals surface area contributed by atoms with Crippen LogP contribution in [0.3, 0.4) is 0 Å². The number of amides is 2. The fourth-order valence-electron chi connectivity index (χ4n) is 2.75. The third-order valence-corrected chi connectivity index (χ3v) is 5.70. The second kappa shape index (κ2) is 10.4. The first-order valence-corrected chi connectivity index (χ1v) is 10.5. The molecule has 0 saturated carbocycles. The summed E-state index contributed by atoms with van der Waals surface area (Å²) in [6.07, 6.45) is 0. The molecule has 1 aromatic heterocycles. The molecule has 2 aromatic carbocycles. The van der Waals surface area contributed by atoms with Gasteiger partial charge in [0.1, 0.15) is 5.75 Å². The van der Waals surface area contributed by atoms with Gasteiger partial charge in [-0.3, -0.25) is 9.59 Å². The molecule has 33 heavy (non-hydrogen) atoms. The number of nitrogens with one attached hydrogen (secondary N) is 2. The lowest BCUT2D eigenvalue weighted by Gasteiger charge is -2.12. The molecular weight excluding hydrogens is 459 g/mol. The third kappa shape index (κ3) is 5.64. The summed E-state index contributed by atoms with van der Waals surface area (Å²) in [4.78, 5) is 24.3. The van der Waals surface area contributed by atoms with Gasteiger partial charge in [-0.25, -0.2) is 13.2 Å². The van der Waals surface area contributed by atoms with E-state index in [2.05, 4.69) is 20.8 Å². The summed E-state index contributed by atoms with van der Waals surface area (Å²) in [5, 5.41) is 12.6. The zero-order chi connectivity index (χ0) is 24.1. The molecule has 3 rings (SSSR count). The van der Waals surface area contributed by atoms with Crippen LogP contribution in [0.25, 0.3) is 11.4 Å². The van der Waals surface area contributed by atoms with Crippen molar-refractivity contribution in [3.05, 3.63) is 53.8 Å². The van der Waals surface area contributed by atoms with Gasteiger partial charge < -0.3 is 19.9 Å². The molecule has 0 aliphatic carbocycles. The van der Waals surface area contributed by atoms with Crippen molar-refractivity contribution in [3.8, 4) is 17.1 Å². The Balaban J connectivity index is 1.56. The van der Waals surface area contributed by atoms with Crippen LogP contribution >= 0.6 is 11.8 Å². The molecule has 12 heteroatoms. The number of carbonyl (C=O) groups excluding carboxylic acids is 2. The van der Waals surface area contributed by atoms with Gasteiger partial charge in [-0.05, 0) is 43.3 Å². The molecule has 0 radical (unpaired) electrons. The van der Waals surface area contributed by atoms with Crippen LogP contribution in [-0.4, -0.2) is 45.5 Å². The molecule has 2 N–H and O–H groups in total. The Kier molecular flexibility index (Phi) is 7.59. The minimum atomic E-state index is -1.69. The number of benzene rings is 2. The Labute approximate surface area is 191 Å². The summed E-state index contributed by atoms with van der Waals surface area (Å²) in [5.41, 5.74) is 0.289. The third-order valence-electron chi connectivity index (χ3n) is 4.57. The molecule has 1 atom stereocenters. The monoisotopic (exact) mass is 479 g/mol. The number of hydrogen-bond donors (Lipinski definition) is 2. The molecule has 8 nitrogen and oxygen atoms in total. The maximum absolute atomic E-state index is 13.7. The summed E-state index contributed by atoms with van der Waals surface area (Å²) in [6.45, 7) is 1.13. The van der Waals surface area contributed by atoms with E-state index in [0.717, 1.165) is 23.4 Å². The highest BCUT2D eigenvalue weighted by Crippen LogP contribution is 2.26. The fourth-order valence-corrected chi connectivity index (χ4v) is 3.59. The number of anilines is 1. The van der Waals surface area contributed by atoms with Crippen LogP contribution < -0.4 is 15.4 Å². The van der Waals surface area contributed by atoms with Gasteiger partial charge in [0.15, 0.2) is 28.4 Å². The Morgan fingerprint density at radius 1 is 1.09 bits per heavy atom. The fraction of sp³-hybridized carbons (Fsp3) is 0.238. The lowest BCUT2D eigenvalue weighted by atomic mass is 10.2. The molecule has 0 fully saturated rings. The zero-order valence-corrected chi connectivity index (χ0v) is 18.7. The van der Waals surface area contributed by atoms with Gasteiger partial charge in [0, 0.05) is 12.6 Å². The predicted octanol–water partition coefficient (Wildman–Crippen LogP) is 3.14. The first kappa shape index (κ1) is 24.1. The molecule has 0 spiro atoms. The number of thioether (sulfide) groups is 1. The lowest BCUT2D eigenvalue weighted by molar-refractivity contribution is -0.123. The van der Waals surface area contributed by atoms with Gasteiger partial charge in [-0.1, -0.05) is 11.8 Å².